The molecule has 0 fully saturated rings. The lowest BCUT2D eigenvalue weighted by atomic mass is 9.97. The topological polar surface area (TPSA) is 143 Å². The summed E-state index contributed by atoms with van der Waals surface area (Å²) in [6.07, 6.45) is 1.59. The van der Waals surface area contributed by atoms with Crippen LogP contribution in [0.2, 0.25) is 0 Å². The van der Waals surface area contributed by atoms with E-state index in [2.05, 4.69) is 21.1 Å². The van der Waals surface area contributed by atoms with Gasteiger partial charge in [0, 0.05) is 36.6 Å². The van der Waals surface area contributed by atoms with E-state index in [0.717, 1.165) is 5.56 Å². The molecule has 2 N–H and O–H groups in total. The van der Waals surface area contributed by atoms with Gasteiger partial charge in [-0.3, -0.25) is 4.79 Å². The summed E-state index contributed by atoms with van der Waals surface area (Å²) in [4.78, 5) is 18.7. The third-order valence-corrected chi connectivity index (χ3v) is 6.90. The summed E-state index contributed by atoms with van der Waals surface area (Å²) in [5, 5.41) is 21.2. The van der Waals surface area contributed by atoms with Gasteiger partial charge < -0.3 is 19.3 Å². The van der Waals surface area contributed by atoms with Crippen molar-refractivity contribution in [3.05, 3.63) is 95.2 Å². The second-order valence-corrected chi connectivity index (χ2v) is 9.62. The fraction of sp³-hybridized carbons (Fsp3) is 0.103. The van der Waals surface area contributed by atoms with Crippen LogP contribution in [-0.2, 0) is 11.4 Å². The predicted molar refractivity (Wildman–Crippen MR) is 147 cm³/mol. The van der Waals surface area contributed by atoms with Crippen LogP contribution >= 0.6 is 0 Å². The number of amides is 1. The molecule has 0 saturated heterocycles. The number of rotatable bonds is 8. The fourth-order valence-corrected chi connectivity index (χ4v) is 4.54. The van der Waals surface area contributed by atoms with Crippen LogP contribution in [0.25, 0.3) is 11.1 Å². The van der Waals surface area contributed by atoms with E-state index in [1.54, 1.807) is 80.8 Å². The summed E-state index contributed by atoms with van der Waals surface area (Å²) in [7, 11) is 3.03. The number of nitrogens with one attached hydrogen (secondary N) is 2. The van der Waals surface area contributed by atoms with Gasteiger partial charge in [-0.1, -0.05) is 18.2 Å². The highest BCUT2D eigenvalue weighted by molar-refractivity contribution is 7.89. The van der Waals surface area contributed by atoms with E-state index in [0.29, 0.717) is 38.6 Å². The summed E-state index contributed by atoms with van der Waals surface area (Å²) in [5.74, 6) is 0.110. The van der Waals surface area contributed by atoms with Crippen molar-refractivity contribution in [2.45, 2.75) is 11.8 Å². The summed E-state index contributed by atoms with van der Waals surface area (Å²) in [5.41, 5.74) is 3.53. The normalized spacial score (nSPS) is 11.1. The first-order valence-corrected chi connectivity index (χ1v) is 12.8. The number of nitrogens with zero attached hydrogens (tertiary/aromatic N) is 3. The Hall–Kier alpha value is -4.87. The molecular formula is C29H23N5O4S. The molecule has 9 nitrogen and oxygen atoms in total. The second-order valence-electron chi connectivity index (χ2n) is 8.20. The molecule has 1 aromatic heterocycles. The number of benzene rings is 3. The maximum Gasteiger partial charge on any atom is 0.261 e. The molecule has 10 heteroatoms. The fourth-order valence-electron chi connectivity index (χ4n) is 3.87. The predicted octanol–water partition coefficient (Wildman–Crippen LogP) is 5.10. The van der Waals surface area contributed by atoms with Crippen molar-refractivity contribution in [1.82, 2.24) is 9.71 Å². The lowest BCUT2D eigenvalue weighted by Crippen LogP contribution is -2.19. The Labute approximate surface area is 229 Å². The van der Waals surface area contributed by atoms with Crippen LogP contribution in [0.5, 0.6) is 17.4 Å². The highest BCUT2D eigenvalue weighted by Crippen LogP contribution is 2.36. The summed E-state index contributed by atoms with van der Waals surface area (Å²) < 4.78 is 26.3. The number of aromatic nitrogens is 1. The van der Waals surface area contributed by atoms with Gasteiger partial charge in [-0.2, -0.15) is 10.5 Å². The summed E-state index contributed by atoms with van der Waals surface area (Å²) in [6.45, 7) is 1.78. The molecule has 0 aliphatic carbocycles. The SMILES string of the molecule is CN[S+]([O-])c1cccc(NC(=O)c2c(Oc3ccc(C#N)cc3OC)ncc(-c3ccc(C#N)cc3)c2C)c1. The summed E-state index contributed by atoms with van der Waals surface area (Å²) >= 11 is -1.43. The number of carbonyl (C=O) groups is 1. The van der Waals surface area contributed by atoms with Gasteiger partial charge in [-0.15, -0.1) is 4.72 Å². The van der Waals surface area contributed by atoms with Crippen LogP contribution in [0.1, 0.15) is 27.0 Å². The van der Waals surface area contributed by atoms with E-state index < -0.39 is 17.3 Å². The highest BCUT2D eigenvalue weighted by Gasteiger charge is 2.23. The molecule has 0 radical (unpaired) electrons. The minimum absolute atomic E-state index is 0.0281. The van der Waals surface area contributed by atoms with Gasteiger partial charge in [0.1, 0.15) is 5.56 Å². The molecule has 0 saturated carbocycles. The van der Waals surface area contributed by atoms with Crippen molar-refractivity contribution in [2.75, 3.05) is 19.5 Å². The average molecular weight is 538 g/mol. The maximum atomic E-state index is 13.7. The molecule has 1 atom stereocenters. The molecule has 3 aromatic carbocycles. The van der Waals surface area contributed by atoms with Crippen molar-refractivity contribution in [3.8, 4) is 40.6 Å². The van der Waals surface area contributed by atoms with Crippen molar-refractivity contribution in [3.63, 3.8) is 0 Å². The Kier molecular flexibility index (Phi) is 8.44. The number of ether oxygens (including phenoxy) is 2. The Morgan fingerprint density at radius 2 is 1.72 bits per heavy atom. The molecule has 194 valence electrons. The molecule has 0 aliphatic rings. The zero-order chi connectivity index (χ0) is 27.9. The Morgan fingerprint density at radius 1 is 1.00 bits per heavy atom. The number of methoxy groups -OCH3 is 1. The third kappa shape index (κ3) is 6.00. The van der Waals surface area contributed by atoms with Crippen LogP contribution in [0.15, 0.2) is 77.8 Å². The molecule has 39 heavy (non-hydrogen) atoms. The standard InChI is InChI=1S/C29H23N5O4S/c1-18-24(21-10-7-19(15-30)8-11-21)17-33-29(38-25-12-9-20(16-31)13-26(25)37-3)27(18)28(35)34-22-5-4-6-23(14-22)39(36)32-2/h4-14,17,32H,1-3H3,(H,34,35). The zero-order valence-electron chi connectivity index (χ0n) is 21.3. The molecule has 4 aromatic rings. The number of pyridine rings is 1. The minimum Gasteiger partial charge on any atom is -0.593 e. The van der Waals surface area contributed by atoms with Crippen LogP contribution in [0.3, 0.4) is 0 Å². The monoisotopic (exact) mass is 537 g/mol. The first kappa shape index (κ1) is 27.2. The Balaban J connectivity index is 1.79. The molecule has 0 aliphatic heterocycles. The van der Waals surface area contributed by atoms with Crippen molar-refractivity contribution in [1.29, 1.82) is 10.5 Å². The van der Waals surface area contributed by atoms with Gasteiger partial charge in [0.2, 0.25) is 5.88 Å². The van der Waals surface area contributed by atoms with Crippen molar-refractivity contribution in [2.24, 2.45) is 0 Å². The first-order valence-electron chi connectivity index (χ1n) is 11.6. The number of hydrogen-bond donors (Lipinski definition) is 2. The Morgan fingerprint density at radius 3 is 2.38 bits per heavy atom. The van der Waals surface area contributed by atoms with E-state index in [4.69, 9.17) is 14.7 Å². The largest absolute Gasteiger partial charge is 0.593 e. The lowest BCUT2D eigenvalue weighted by molar-refractivity contribution is 0.102. The maximum absolute atomic E-state index is 13.7. The minimum atomic E-state index is -1.43. The second kappa shape index (κ2) is 12.1. The zero-order valence-corrected chi connectivity index (χ0v) is 22.1. The van der Waals surface area contributed by atoms with Gasteiger partial charge in [-0.25, -0.2) is 4.98 Å². The van der Waals surface area contributed by atoms with Gasteiger partial charge in [-0.05, 0) is 54.4 Å². The quantitative estimate of drug-likeness (QED) is 0.296. The molecule has 0 bridgehead atoms. The van der Waals surface area contributed by atoms with Crippen LogP contribution < -0.4 is 19.5 Å². The van der Waals surface area contributed by atoms with Crippen LogP contribution in [0.4, 0.5) is 5.69 Å². The Bertz CT molecular complexity index is 1610. The molecule has 1 unspecified atom stereocenters. The molecule has 0 spiro atoms. The van der Waals surface area contributed by atoms with E-state index in [1.807, 2.05) is 6.07 Å². The van der Waals surface area contributed by atoms with Crippen molar-refractivity contribution >= 4 is 23.0 Å². The number of anilines is 1. The molecular weight excluding hydrogens is 514 g/mol. The summed E-state index contributed by atoms with van der Waals surface area (Å²) in [6, 6.07) is 22.4. The molecule has 1 heterocycles. The van der Waals surface area contributed by atoms with E-state index in [-0.39, 0.29) is 17.2 Å². The number of carbonyl (C=O) groups excluding carboxylic acids is 1. The third-order valence-electron chi connectivity index (χ3n) is 5.85. The van der Waals surface area contributed by atoms with Crippen LogP contribution in [0, 0.1) is 29.6 Å². The van der Waals surface area contributed by atoms with E-state index >= 15 is 0 Å². The van der Waals surface area contributed by atoms with Gasteiger partial charge >= 0.3 is 0 Å². The van der Waals surface area contributed by atoms with E-state index in [1.165, 1.54) is 13.2 Å². The molecule has 4 rings (SSSR count). The van der Waals surface area contributed by atoms with E-state index in [9.17, 15) is 14.6 Å². The van der Waals surface area contributed by atoms with Gasteiger partial charge in [0.15, 0.2) is 16.4 Å². The first-order chi connectivity index (χ1) is 18.9. The number of hydrogen-bond acceptors (Lipinski definition) is 8. The van der Waals surface area contributed by atoms with Gasteiger partial charge in [0.05, 0.1) is 41.7 Å². The lowest BCUT2D eigenvalue weighted by Gasteiger charge is -2.17. The number of nitriles is 2. The smallest absolute Gasteiger partial charge is 0.261 e. The van der Waals surface area contributed by atoms with Crippen LogP contribution in [-0.4, -0.2) is 29.6 Å². The van der Waals surface area contributed by atoms with Crippen molar-refractivity contribution < 1.29 is 18.8 Å². The van der Waals surface area contributed by atoms with Gasteiger partial charge in [0.25, 0.3) is 5.91 Å². The average Bonchev–Trinajstić information content (AvgIpc) is 2.97. The highest BCUT2D eigenvalue weighted by atomic mass is 32.2. The molecule has 1 amide bonds.